The Balaban J connectivity index is 1.29. The maximum atomic E-state index is 13.0. The van der Waals surface area contributed by atoms with Crippen molar-refractivity contribution in [1.82, 2.24) is 40.4 Å². The SMILES string of the molecule is COc1ccc(C(=O)NC2CCCN(C)C2)cc1Nc1ncc(-c2ccc(C#N)c(O[C@@H](C)Cn3cnnn3)c2)cn1. The predicted molar refractivity (Wildman–Crippen MR) is 154 cm³/mol. The third kappa shape index (κ3) is 6.97. The normalized spacial score (nSPS) is 15.8. The molecule has 0 radical (unpaired) electrons. The van der Waals surface area contributed by atoms with Crippen LogP contribution in [0.1, 0.15) is 35.7 Å². The second kappa shape index (κ2) is 13.0. The fraction of sp³-hybridized carbons (Fsp3) is 0.345. The number of nitriles is 1. The summed E-state index contributed by atoms with van der Waals surface area (Å²) in [6.45, 7) is 4.18. The fourth-order valence-electron chi connectivity index (χ4n) is 4.84. The van der Waals surface area contributed by atoms with Gasteiger partial charge in [-0.05, 0) is 79.7 Å². The van der Waals surface area contributed by atoms with Gasteiger partial charge >= 0.3 is 0 Å². The van der Waals surface area contributed by atoms with E-state index in [2.05, 4.69) is 54.1 Å². The number of rotatable bonds is 10. The van der Waals surface area contributed by atoms with Crippen LogP contribution < -0.4 is 20.1 Å². The van der Waals surface area contributed by atoms with Crippen LogP contribution in [-0.4, -0.2) is 80.4 Å². The number of likely N-dealkylation sites (N-methyl/N-ethyl adjacent to an activating group) is 1. The van der Waals surface area contributed by atoms with Gasteiger partial charge in [0.2, 0.25) is 5.95 Å². The smallest absolute Gasteiger partial charge is 0.251 e. The Morgan fingerprint density at radius 3 is 2.71 bits per heavy atom. The molecule has 1 aliphatic rings. The number of tetrazole rings is 1. The van der Waals surface area contributed by atoms with E-state index in [1.54, 1.807) is 54.5 Å². The maximum absolute atomic E-state index is 13.0. The van der Waals surface area contributed by atoms with Crippen LogP contribution in [-0.2, 0) is 6.54 Å². The highest BCUT2D eigenvalue weighted by atomic mass is 16.5. The van der Waals surface area contributed by atoms with Crippen LogP contribution >= 0.6 is 0 Å². The van der Waals surface area contributed by atoms with Gasteiger partial charge in [0.15, 0.2) is 0 Å². The molecule has 1 amide bonds. The molecule has 216 valence electrons. The van der Waals surface area contributed by atoms with Gasteiger partial charge in [-0.2, -0.15) is 5.26 Å². The van der Waals surface area contributed by atoms with Crippen molar-refractivity contribution in [3.8, 4) is 28.7 Å². The number of likely N-dealkylation sites (tertiary alicyclic amines) is 1. The predicted octanol–water partition coefficient (Wildman–Crippen LogP) is 3.05. The molecule has 0 spiro atoms. The van der Waals surface area contributed by atoms with Gasteiger partial charge in [-0.1, -0.05) is 6.07 Å². The lowest BCUT2D eigenvalue weighted by molar-refractivity contribution is 0.0912. The summed E-state index contributed by atoms with van der Waals surface area (Å²) in [5.41, 5.74) is 3.02. The van der Waals surface area contributed by atoms with E-state index in [4.69, 9.17) is 9.47 Å². The Morgan fingerprint density at radius 2 is 2.00 bits per heavy atom. The minimum absolute atomic E-state index is 0.119. The molecule has 2 atom stereocenters. The molecule has 4 aromatic rings. The van der Waals surface area contributed by atoms with Crippen molar-refractivity contribution in [3.05, 3.63) is 66.2 Å². The van der Waals surface area contributed by atoms with Gasteiger partial charge in [-0.25, -0.2) is 14.6 Å². The monoisotopic (exact) mass is 568 g/mol. The first-order valence-corrected chi connectivity index (χ1v) is 13.6. The summed E-state index contributed by atoms with van der Waals surface area (Å²) in [7, 11) is 3.63. The summed E-state index contributed by atoms with van der Waals surface area (Å²) in [4.78, 5) is 24.1. The van der Waals surface area contributed by atoms with E-state index < -0.39 is 0 Å². The van der Waals surface area contributed by atoms with E-state index in [1.807, 2.05) is 13.0 Å². The van der Waals surface area contributed by atoms with Crippen molar-refractivity contribution in [3.63, 3.8) is 0 Å². The number of methoxy groups -OCH3 is 1. The molecule has 5 rings (SSSR count). The standard InChI is InChI=1S/C29H32N10O3/c1-19(16-39-18-33-36-37-39)42-27-12-20(6-7-22(27)13-30)23-14-31-29(32-15-23)35-25-11-21(8-9-26(25)41-3)28(40)34-24-5-4-10-38(2)17-24/h6-9,11-12,14-15,18-19,24H,4-5,10,16-17H2,1-3H3,(H,34,40)(H,31,32,35)/t19-,24?/m0/s1. The molecule has 1 fully saturated rings. The number of amides is 1. The third-order valence-corrected chi connectivity index (χ3v) is 6.92. The van der Waals surface area contributed by atoms with Crippen LogP contribution in [0, 0.1) is 11.3 Å². The molecule has 2 N–H and O–H groups in total. The lowest BCUT2D eigenvalue weighted by Gasteiger charge is -2.30. The van der Waals surface area contributed by atoms with Gasteiger partial charge in [0, 0.05) is 36.1 Å². The van der Waals surface area contributed by atoms with E-state index in [0.717, 1.165) is 37.1 Å². The summed E-state index contributed by atoms with van der Waals surface area (Å²) in [6.07, 6.45) is 6.59. The number of aromatic nitrogens is 6. The molecule has 2 aromatic carbocycles. The molecular formula is C29H32N10O3. The number of nitrogens with one attached hydrogen (secondary N) is 2. The van der Waals surface area contributed by atoms with Crippen LogP contribution in [0.5, 0.6) is 11.5 Å². The zero-order valence-corrected chi connectivity index (χ0v) is 23.7. The highest BCUT2D eigenvalue weighted by molar-refractivity contribution is 5.96. The molecule has 2 aromatic heterocycles. The number of nitrogens with zero attached hydrogens (tertiary/aromatic N) is 8. The van der Waals surface area contributed by atoms with Crippen LogP contribution in [0.2, 0.25) is 0 Å². The first-order valence-electron chi connectivity index (χ1n) is 13.6. The van der Waals surface area contributed by atoms with Crippen LogP contribution in [0.25, 0.3) is 11.1 Å². The van der Waals surface area contributed by atoms with Crippen molar-refractivity contribution < 1.29 is 14.3 Å². The largest absolute Gasteiger partial charge is 0.495 e. The van der Waals surface area contributed by atoms with Gasteiger partial charge in [0.1, 0.15) is 30.0 Å². The van der Waals surface area contributed by atoms with Crippen LogP contribution in [0.15, 0.2) is 55.1 Å². The Hall–Kier alpha value is -5.09. The van der Waals surface area contributed by atoms with E-state index in [9.17, 15) is 10.1 Å². The second-order valence-electron chi connectivity index (χ2n) is 10.2. The summed E-state index contributed by atoms with van der Waals surface area (Å²) in [5, 5.41) is 27.0. The van der Waals surface area contributed by atoms with E-state index in [-0.39, 0.29) is 18.1 Å². The Kier molecular flexibility index (Phi) is 8.84. The molecule has 42 heavy (non-hydrogen) atoms. The molecule has 13 heteroatoms. The van der Waals surface area contributed by atoms with E-state index in [1.165, 1.54) is 6.33 Å². The number of ether oxygens (including phenoxy) is 2. The first kappa shape index (κ1) is 28.4. The van der Waals surface area contributed by atoms with Gasteiger partial charge in [-0.15, -0.1) is 5.10 Å². The summed E-state index contributed by atoms with van der Waals surface area (Å²) in [5.74, 6) is 1.20. The topological polar surface area (TPSA) is 156 Å². The highest BCUT2D eigenvalue weighted by Gasteiger charge is 2.20. The third-order valence-electron chi connectivity index (χ3n) is 6.92. The van der Waals surface area contributed by atoms with E-state index >= 15 is 0 Å². The average molecular weight is 569 g/mol. The summed E-state index contributed by atoms with van der Waals surface area (Å²) >= 11 is 0. The maximum Gasteiger partial charge on any atom is 0.251 e. The number of hydrogen-bond donors (Lipinski definition) is 2. The molecule has 13 nitrogen and oxygen atoms in total. The molecule has 1 aliphatic heterocycles. The van der Waals surface area contributed by atoms with Gasteiger partial charge < -0.3 is 25.0 Å². The second-order valence-corrected chi connectivity index (χ2v) is 10.2. The minimum atomic E-state index is -0.282. The van der Waals surface area contributed by atoms with Gasteiger partial charge in [-0.3, -0.25) is 4.79 Å². The quantitative estimate of drug-likeness (QED) is 0.290. The van der Waals surface area contributed by atoms with Gasteiger partial charge in [0.05, 0.1) is 24.9 Å². The molecule has 1 unspecified atom stereocenters. The Labute approximate surface area is 243 Å². The van der Waals surface area contributed by atoms with Crippen molar-refractivity contribution >= 4 is 17.5 Å². The molecule has 0 aliphatic carbocycles. The number of hydrogen-bond acceptors (Lipinski definition) is 11. The first-order chi connectivity index (χ1) is 20.4. The zero-order valence-electron chi connectivity index (χ0n) is 23.7. The molecule has 1 saturated heterocycles. The van der Waals surface area contributed by atoms with Crippen molar-refractivity contribution in [1.29, 1.82) is 5.26 Å². The lowest BCUT2D eigenvalue weighted by atomic mass is 10.1. The molecular weight excluding hydrogens is 536 g/mol. The summed E-state index contributed by atoms with van der Waals surface area (Å²) in [6, 6.07) is 12.8. The van der Waals surface area contributed by atoms with Crippen molar-refractivity contribution in [2.45, 2.75) is 38.5 Å². The number of anilines is 2. The lowest BCUT2D eigenvalue weighted by Crippen LogP contribution is -2.46. The summed E-state index contributed by atoms with van der Waals surface area (Å²) < 4.78 is 13.1. The number of carbonyl (C=O) groups excluding carboxylic acids is 1. The minimum Gasteiger partial charge on any atom is -0.495 e. The molecule has 0 saturated carbocycles. The highest BCUT2D eigenvalue weighted by Crippen LogP contribution is 2.30. The average Bonchev–Trinajstić information content (AvgIpc) is 3.50. The van der Waals surface area contributed by atoms with Gasteiger partial charge in [0.25, 0.3) is 5.91 Å². The van der Waals surface area contributed by atoms with Crippen LogP contribution in [0.4, 0.5) is 11.6 Å². The Morgan fingerprint density at radius 1 is 1.17 bits per heavy atom. The van der Waals surface area contributed by atoms with Crippen LogP contribution in [0.3, 0.4) is 0 Å². The number of carbonyl (C=O) groups is 1. The van der Waals surface area contributed by atoms with Crippen molar-refractivity contribution in [2.75, 3.05) is 32.6 Å². The number of piperidine rings is 1. The fourth-order valence-corrected chi connectivity index (χ4v) is 4.84. The number of benzene rings is 2. The van der Waals surface area contributed by atoms with E-state index in [0.29, 0.717) is 40.8 Å². The van der Waals surface area contributed by atoms with Crippen molar-refractivity contribution in [2.24, 2.45) is 0 Å². The Bertz CT molecular complexity index is 1550. The zero-order chi connectivity index (χ0) is 29.5. The molecule has 0 bridgehead atoms. The molecule has 3 heterocycles.